The SMILES string of the molecule is COCC(C)N(C)C(=O)c1cn(CCN)cn1. The van der Waals surface area contributed by atoms with Crippen LogP contribution < -0.4 is 5.73 Å². The summed E-state index contributed by atoms with van der Waals surface area (Å²) in [5, 5.41) is 0. The molecule has 0 aliphatic heterocycles. The third kappa shape index (κ3) is 3.54. The van der Waals surface area contributed by atoms with E-state index in [2.05, 4.69) is 4.98 Å². The molecule has 0 fully saturated rings. The van der Waals surface area contributed by atoms with Crippen molar-refractivity contribution in [3.8, 4) is 0 Å². The van der Waals surface area contributed by atoms with Gasteiger partial charge in [0, 0.05) is 33.4 Å². The van der Waals surface area contributed by atoms with E-state index in [0.717, 1.165) is 0 Å². The van der Waals surface area contributed by atoms with Crippen LogP contribution in [0.1, 0.15) is 17.4 Å². The van der Waals surface area contributed by atoms with Crippen LogP contribution in [0.5, 0.6) is 0 Å². The summed E-state index contributed by atoms with van der Waals surface area (Å²) in [5.41, 5.74) is 5.87. The Labute approximate surface area is 101 Å². The highest BCUT2D eigenvalue weighted by atomic mass is 16.5. The number of carbonyl (C=O) groups is 1. The summed E-state index contributed by atoms with van der Waals surface area (Å²) in [5.74, 6) is -0.106. The molecule has 1 aromatic heterocycles. The van der Waals surface area contributed by atoms with Crippen LogP contribution in [0.2, 0.25) is 0 Å². The van der Waals surface area contributed by atoms with Gasteiger partial charge in [-0.2, -0.15) is 0 Å². The standard InChI is InChI=1S/C11H20N4O2/c1-9(7-17-3)14(2)11(16)10-6-15(5-4-12)8-13-10/h6,8-9H,4-5,7,12H2,1-3H3. The Morgan fingerprint density at radius 3 is 3.00 bits per heavy atom. The van der Waals surface area contributed by atoms with Gasteiger partial charge in [-0.15, -0.1) is 0 Å². The Balaban J connectivity index is 2.67. The zero-order valence-electron chi connectivity index (χ0n) is 10.6. The molecule has 1 heterocycles. The van der Waals surface area contributed by atoms with Crippen molar-refractivity contribution in [2.24, 2.45) is 5.73 Å². The second-order valence-corrected chi connectivity index (χ2v) is 4.01. The van der Waals surface area contributed by atoms with Gasteiger partial charge >= 0.3 is 0 Å². The lowest BCUT2D eigenvalue weighted by Gasteiger charge is -2.23. The van der Waals surface area contributed by atoms with E-state index in [1.54, 1.807) is 31.6 Å². The van der Waals surface area contributed by atoms with Gasteiger partial charge in [0.1, 0.15) is 5.69 Å². The molecule has 0 spiro atoms. The molecule has 1 amide bonds. The van der Waals surface area contributed by atoms with E-state index in [-0.39, 0.29) is 11.9 Å². The van der Waals surface area contributed by atoms with E-state index >= 15 is 0 Å². The number of hydrogen-bond donors (Lipinski definition) is 1. The molecule has 6 nitrogen and oxygen atoms in total. The highest BCUT2D eigenvalue weighted by Crippen LogP contribution is 2.05. The number of amides is 1. The molecule has 17 heavy (non-hydrogen) atoms. The molecule has 96 valence electrons. The van der Waals surface area contributed by atoms with Gasteiger partial charge in [0.15, 0.2) is 0 Å². The average molecular weight is 240 g/mol. The number of nitrogens with zero attached hydrogens (tertiary/aromatic N) is 3. The Morgan fingerprint density at radius 2 is 2.41 bits per heavy atom. The number of likely N-dealkylation sites (N-methyl/N-ethyl adjacent to an activating group) is 1. The fourth-order valence-corrected chi connectivity index (χ4v) is 1.48. The van der Waals surface area contributed by atoms with Crippen molar-refractivity contribution in [3.63, 3.8) is 0 Å². The van der Waals surface area contributed by atoms with Crippen LogP contribution in [0.25, 0.3) is 0 Å². The fourth-order valence-electron chi connectivity index (χ4n) is 1.48. The van der Waals surface area contributed by atoms with Crippen molar-refractivity contribution < 1.29 is 9.53 Å². The van der Waals surface area contributed by atoms with E-state index in [0.29, 0.717) is 25.4 Å². The molecular formula is C11H20N4O2. The maximum atomic E-state index is 12.0. The van der Waals surface area contributed by atoms with Crippen molar-refractivity contribution in [2.45, 2.75) is 19.5 Å². The van der Waals surface area contributed by atoms with E-state index < -0.39 is 0 Å². The maximum Gasteiger partial charge on any atom is 0.274 e. The Hall–Kier alpha value is -1.40. The highest BCUT2D eigenvalue weighted by Gasteiger charge is 2.19. The van der Waals surface area contributed by atoms with Gasteiger partial charge < -0.3 is 19.9 Å². The van der Waals surface area contributed by atoms with Crippen molar-refractivity contribution >= 4 is 5.91 Å². The van der Waals surface area contributed by atoms with Gasteiger partial charge in [-0.25, -0.2) is 4.98 Å². The molecule has 0 aromatic carbocycles. The molecule has 1 unspecified atom stereocenters. The third-order valence-electron chi connectivity index (χ3n) is 2.63. The van der Waals surface area contributed by atoms with Gasteiger partial charge in [-0.1, -0.05) is 0 Å². The molecule has 0 aliphatic rings. The summed E-state index contributed by atoms with van der Waals surface area (Å²) in [6, 6.07) is 0.0205. The Morgan fingerprint density at radius 1 is 1.71 bits per heavy atom. The molecule has 0 radical (unpaired) electrons. The first kappa shape index (κ1) is 13.7. The average Bonchev–Trinajstić information content (AvgIpc) is 2.76. The Kier molecular flexibility index (Phi) is 5.11. The zero-order chi connectivity index (χ0) is 12.8. The number of rotatable bonds is 6. The lowest BCUT2D eigenvalue weighted by Crippen LogP contribution is -2.38. The second kappa shape index (κ2) is 6.36. The molecule has 1 rings (SSSR count). The molecule has 0 saturated carbocycles. The lowest BCUT2D eigenvalue weighted by molar-refractivity contribution is 0.0628. The summed E-state index contributed by atoms with van der Waals surface area (Å²) in [6.07, 6.45) is 3.33. The van der Waals surface area contributed by atoms with Gasteiger partial charge in [-0.3, -0.25) is 4.79 Å². The molecule has 1 atom stereocenters. The number of carbonyl (C=O) groups excluding carboxylic acids is 1. The van der Waals surface area contributed by atoms with E-state index in [1.807, 2.05) is 11.5 Å². The largest absolute Gasteiger partial charge is 0.383 e. The van der Waals surface area contributed by atoms with Gasteiger partial charge in [0.25, 0.3) is 5.91 Å². The molecule has 6 heteroatoms. The van der Waals surface area contributed by atoms with Crippen LogP contribution in [0.3, 0.4) is 0 Å². The summed E-state index contributed by atoms with van der Waals surface area (Å²) in [6.45, 7) is 3.63. The summed E-state index contributed by atoms with van der Waals surface area (Å²) < 4.78 is 6.83. The number of aromatic nitrogens is 2. The van der Waals surface area contributed by atoms with Crippen LogP contribution in [-0.4, -0.2) is 53.7 Å². The molecule has 2 N–H and O–H groups in total. The minimum Gasteiger partial charge on any atom is -0.383 e. The third-order valence-corrected chi connectivity index (χ3v) is 2.63. The van der Waals surface area contributed by atoms with Crippen LogP contribution in [-0.2, 0) is 11.3 Å². The summed E-state index contributed by atoms with van der Waals surface area (Å²) >= 11 is 0. The number of nitrogens with two attached hydrogens (primary N) is 1. The highest BCUT2D eigenvalue weighted by molar-refractivity contribution is 5.92. The fraction of sp³-hybridized carbons (Fsp3) is 0.636. The Bertz CT molecular complexity index is 364. The first-order valence-corrected chi connectivity index (χ1v) is 5.58. The van der Waals surface area contributed by atoms with Crippen LogP contribution in [0.15, 0.2) is 12.5 Å². The molecule has 1 aromatic rings. The topological polar surface area (TPSA) is 73.4 Å². The van der Waals surface area contributed by atoms with E-state index in [9.17, 15) is 4.79 Å². The smallest absolute Gasteiger partial charge is 0.274 e. The van der Waals surface area contributed by atoms with Gasteiger partial charge in [0.05, 0.1) is 19.0 Å². The van der Waals surface area contributed by atoms with Crippen LogP contribution in [0, 0.1) is 0 Å². The first-order valence-electron chi connectivity index (χ1n) is 5.58. The minimum atomic E-state index is -0.106. The number of methoxy groups -OCH3 is 1. The normalized spacial score (nSPS) is 12.5. The number of imidazole rings is 1. The second-order valence-electron chi connectivity index (χ2n) is 4.01. The summed E-state index contributed by atoms with van der Waals surface area (Å²) in [4.78, 5) is 17.7. The predicted molar refractivity (Wildman–Crippen MR) is 64.7 cm³/mol. The van der Waals surface area contributed by atoms with E-state index in [4.69, 9.17) is 10.5 Å². The van der Waals surface area contributed by atoms with Crippen molar-refractivity contribution in [1.82, 2.24) is 14.5 Å². The quantitative estimate of drug-likeness (QED) is 0.756. The van der Waals surface area contributed by atoms with Crippen LogP contribution in [0.4, 0.5) is 0 Å². The number of ether oxygens (including phenoxy) is 1. The minimum absolute atomic E-state index is 0.0205. The van der Waals surface area contributed by atoms with E-state index in [1.165, 1.54) is 0 Å². The monoisotopic (exact) mass is 240 g/mol. The summed E-state index contributed by atoms with van der Waals surface area (Å²) in [7, 11) is 3.36. The van der Waals surface area contributed by atoms with Gasteiger partial charge in [-0.05, 0) is 6.92 Å². The molecule has 0 saturated heterocycles. The number of hydrogen-bond acceptors (Lipinski definition) is 4. The van der Waals surface area contributed by atoms with Crippen molar-refractivity contribution in [1.29, 1.82) is 0 Å². The lowest BCUT2D eigenvalue weighted by atomic mass is 10.3. The first-order chi connectivity index (χ1) is 8.10. The maximum absolute atomic E-state index is 12.0. The zero-order valence-corrected chi connectivity index (χ0v) is 10.6. The predicted octanol–water partition coefficient (Wildman–Crippen LogP) is -0.0513. The van der Waals surface area contributed by atoms with Crippen molar-refractivity contribution in [3.05, 3.63) is 18.2 Å². The molecule has 0 bridgehead atoms. The van der Waals surface area contributed by atoms with Crippen molar-refractivity contribution in [2.75, 3.05) is 27.3 Å². The van der Waals surface area contributed by atoms with Crippen LogP contribution >= 0.6 is 0 Å². The van der Waals surface area contributed by atoms with Gasteiger partial charge in [0.2, 0.25) is 0 Å². The molecular weight excluding hydrogens is 220 g/mol. The molecule has 0 aliphatic carbocycles.